The molecule has 2 N–H and O–H groups in total. The van der Waals surface area contributed by atoms with Crippen LogP contribution in [0.25, 0.3) is 5.69 Å². The summed E-state index contributed by atoms with van der Waals surface area (Å²) in [6.45, 7) is 3.71. The highest BCUT2D eigenvalue weighted by atomic mass is 32.2. The molecule has 0 bridgehead atoms. The van der Waals surface area contributed by atoms with Crippen LogP contribution >= 0.6 is 11.8 Å². The number of thioether (sulfide) groups is 1. The van der Waals surface area contributed by atoms with Gasteiger partial charge in [-0.25, -0.2) is 4.79 Å². The van der Waals surface area contributed by atoms with Gasteiger partial charge in [0.25, 0.3) is 0 Å². The van der Waals surface area contributed by atoms with Crippen LogP contribution in [-0.4, -0.2) is 16.4 Å². The fourth-order valence-corrected chi connectivity index (χ4v) is 3.19. The molecule has 1 unspecified atom stereocenters. The third-order valence-electron chi connectivity index (χ3n) is 3.56. The maximum atomic E-state index is 12.4. The van der Waals surface area contributed by atoms with Crippen molar-refractivity contribution in [2.24, 2.45) is 0 Å². The lowest BCUT2D eigenvalue weighted by Crippen LogP contribution is -2.37. The van der Waals surface area contributed by atoms with Crippen molar-refractivity contribution in [1.82, 2.24) is 5.27 Å². The number of aryl methyl sites for hydroxylation is 1. The van der Waals surface area contributed by atoms with Crippen LogP contribution in [0.15, 0.2) is 68.9 Å². The second kappa shape index (κ2) is 7.40. The second-order valence-corrected chi connectivity index (χ2v) is 6.91. The van der Waals surface area contributed by atoms with Crippen LogP contribution in [0.3, 0.4) is 0 Å². The van der Waals surface area contributed by atoms with E-state index in [2.05, 4.69) is 10.6 Å². The van der Waals surface area contributed by atoms with Gasteiger partial charge in [0, 0.05) is 17.8 Å². The van der Waals surface area contributed by atoms with Crippen molar-refractivity contribution >= 4 is 23.4 Å². The summed E-state index contributed by atoms with van der Waals surface area (Å²) in [6, 6.07) is 16.8. The predicted molar refractivity (Wildman–Crippen MR) is 96.0 cm³/mol. The first-order valence-corrected chi connectivity index (χ1v) is 8.65. The highest BCUT2D eigenvalue weighted by molar-refractivity contribution is 8.00. The van der Waals surface area contributed by atoms with Gasteiger partial charge in [-0.2, -0.15) is 0 Å². The van der Waals surface area contributed by atoms with Crippen LogP contribution in [-0.2, 0) is 4.79 Å². The number of hydrogen-bond donors (Lipinski definition) is 2. The van der Waals surface area contributed by atoms with Crippen molar-refractivity contribution in [2.75, 3.05) is 5.32 Å². The number of hydrogen-bond acceptors (Lipinski definition) is 4. The summed E-state index contributed by atoms with van der Waals surface area (Å²) in [5, 5.41) is 5.27. The number of anilines is 1. The molecule has 1 aromatic heterocycles. The SMILES string of the molecule is Cc1cccc(NC(=O)C(C)Sc2c(=O)o[nH][n+]2-c2ccccc2)c1. The van der Waals surface area contributed by atoms with E-state index in [0.29, 0.717) is 5.03 Å². The Kier molecular flexibility index (Phi) is 5.04. The minimum absolute atomic E-state index is 0.184. The fourth-order valence-electron chi connectivity index (χ4n) is 2.30. The largest absolute Gasteiger partial charge is 0.442 e. The molecule has 1 amide bonds. The number of nitrogens with one attached hydrogen (secondary N) is 2. The fraction of sp³-hybridized carbons (Fsp3) is 0.167. The van der Waals surface area contributed by atoms with Crippen LogP contribution in [0.5, 0.6) is 0 Å². The summed E-state index contributed by atoms with van der Waals surface area (Å²) < 4.78 is 6.43. The Hall–Kier alpha value is -2.80. The minimum atomic E-state index is -0.510. The average molecular weight is 356 g/mol. The number of aromatic amines is 1. The van der Waals surface area contributed by atoms with Gasteiger partial charge >= 0.3 is 10.7 Å². The molecule has 128 valence electrons. The Morgan fingerprint density at radius 2 is 1.96 bits per heavy atom. The molecule has 0 aliphatic rings. The average Bonchev–Trinajstić information content (AvgIpc) is 2.96. The molecule has 1 atom stereocenters. The van der Waals surface area contributed by atoms with Crippen molar-refractivity contribution in [3.05, 3.63) is 70.6 Å². The van der Waals surface area contributed by atoms with Gasteiger partial charge in [0.05, 0.1) is 5.25 Å². The zero-order valence-corrected chi connectivity index (χ0v) is 14.7. The molecule has 0 spiro atoms. The normalized spacial score (nSPS) is 11.9. The van der Waals surface area contributed by atoms with Crippen LogP contribution < -0.4 is 15.6 Å². The first-order valence-electron chi connectivity index (χ1n) is 7.78. The van der Waals surface area contributed by atoms with E-state index < -0.39 is 10.9 Å². The highest BCUT2D eigenvalue weighted by Gasteiger charge is 2.28. The van der Waals surface area contributed by atoms with Gasteiger partial charge in [-0.1, -0.05) is 30.3 Å². The second-order valence-electron chi connectivity index (χ2n) is 5.58. The lowest BCUT2D eigenvalue weighted by atomic mass is 10.2. The molecule has 0 saturated heterocycles. The van der Waals surface area contributed by atoms with Crippen molar-refractivity contribution in [1.29, 1.82) is 0 Å². The molecule has 25 heavy (non-hydrogen) atoms. The number of nitrogens with zero attached hydrogens (tertiary/aromatic N) is 1. The maximum Gasteiger partial charge on any atom is 0.442 e. The third kappa shape index (κ3) is 4.00. The number of para-hydroxylation sites is 1. The molecule has 0 saturated carbocycles. The monoisotopic (exact) mass is 356 g/mol. The first kappa shape index (κ1) is 17.0. The predicted octanol–water partition coefficient (Wildman–Crippen LogP) is 2.67. The Bertz CT molecular complexity index is 934. The van der Waals surface area contributed by atoms with E-state index in [1.165, 1.54) is 4.68 Å². The van der Waals surface area contributed by atoms with Gasteiger partial charge in [0.2, 0.25) is 11.6 Å². The zero-order chi connectivity index (χ0) is 17.8. The van der Waals surface area contributed by atoms with E-state index in [1.54, 1.807) is 6.92 Å². The van der Waals surface area contributed by atoms with Crippen molar-refractivity contribution < 1.29 is 14.0 Å². The summed E-state index contributed by atoms with van der Waals surface area (Å²) in [6.07, 6.45) is 0. The molecule has 3 rings (SSSR count). The van der Waals surface area contributed by atoms with E-state index in [-0.39, 0.29) is 5.91 Å². The van der Waals surface area contributed by atoms with Crippen molar-refractivity contribution in [3.8, 4) is 5.69 Å². The van der Waals surface area contributed by atoms with E-state index in [4.69, 9.17) is 4.52 Å². The maximum absolute atomic E-state index is 12.4. The number of amides is 1. The van der Waals surface area contributed by atoms with Gasteiger partial charge < -0.3 is 5.32 Å². The number of carbonyl (C=O) groups excluding carboxylic acids is 1. The molecule has 0 aliphatic heterocycles. The van der Waals surface area contributed by atoms with Crippen LogP contribution in [0, 0.1) is 6.92 Å². The summed E-state index contributed by atoms with van der Waals surface area (Å²) >= 11 is 1.14. The van der Waals surface area contributed by atoms with Crippen LogP contribution in [0.4, 0.5) is 5.69 Å². The third-order valence-corrected chi connectivity index (χ3v) is 4.71. The lowest BCUT2D eigenvalue weighted by Gasteiger charge is -2.09. The summed E-state index contributed by atoms with van der Waals surface area (Å²) in [7, 11) is 0. The molecule has 2 aromatic carbocycles. The molecular formula is C18H18N3O3S+. The molecule has 0 radical (unpaired) electrons. The highest BCUT2D eigenvalue weighted by Crippen LogP contribution is 2.20. The number of H-pyrrole nitrogens is 1. The standard InChI is InChI=1S/C18H17N3O3S/c1-12-7-6-8-14(11-12)19-16(22)13(2)25-17-18(23)24-20-21(17)15-9-4-3-5-10-15/h3-11,13H,1-2H3,(H-,19,20,22,23)/p+1. The van der Waals surface area contributed by atoms with Gasteiger partial charge in [0.15, 0.2) is 0 Å². The van der Waals surface area contributed by atoms with Crippen LogP contribution in [0.1, 0.15) is 12.5 Å². The van der Waals surface area contributed by atoms with E-state index in [0.717, 1.165) is 28.7 Å². The molecule has 0 fully saturated rings. The number of aromatic nitrogens is 2. The zero-order valence-electron chi connectivity index (χ0n) is 13.9. The van der Waals surface area contributed by atoms with Crippen molar-refractivity contribution in [2.45, 2.75) is 24.1 Å². The Labute approximate surface area is 148 Å². The molecule has 6 nitrogen and oxygen atoms in total. The molecule has 7 heteroatoms. The van der Waals surface area contributed by atoms with E-state index in [1.807, 2.05) is 61.5 Å². The Balaban J connectivity index is 1.77. The number of rotatable bonds is 5. The molecule has 3 aromatic rings. The lowest BCUT2D eigenvalue weighted by molar-refractivity contribution is -0.704. The van der Waals surface area contributed by atoms with Gasteiger partial charge in [-0.15, -0.1) is 0 Å². The Morgan fingerprint density at radius 3 is 2.68 bits per heavy atom. The molecule has 1 heterocycles. The Morgan fingerprint density at radius 1 is 1.20 bits per heavy atom. The summed E-state index contributed by atoms with van der Waals surface area (Å²) in [5.74, 6) is -0.184. The summed E-state index contributed by atoms with van der Waals surface area (Å²) in [4.78, 5) is 24.4. The van der Waals surface area contributed by atoms with Gasteiger partial charge in [-0.3, -0.25) is 9.32 Å². The molecule has 0 aliphatic carbocycles. The van der Waals surface area contributed by atoms with E-state index >= 15 is 0 Å². The first-order chi connectivity index (χ1) is 12.0. The van der Waals surface area contributed by atoms with Gasteiger partial charge in [-0.05, 0) is 53.3 Å². The minimum Gasteiger partial charge on any atom is -0.325 e. The van der Waals surface area contributed by atoms with Gasteiger partial charge in [0.1, 0.15) is 0 Å². The smallest absolute Gasteiger partial charge is 0.325 e. The topological polar surface area (TPSA) is 79.0 Å². The quantitative estimate of drug-likeness (QED) is 0.544. The van der Waals surface area contributed by atoms with E-state index in [9.17, 15) is 9.59 Å². The number of carbonyl (C=O) groups is 1. The summed E-state index contributed by atoms with van der Waals surface area (Å²) in [5.41, 5.74) is 2.03. The van der Waals surface area contributed by atoms with Crippen molar-refractivity contribution in [3.63, 3.8) is 0 Å². The molecular weight excluding hydrogens is 338 g/mol. The number of benzene rings is 2. The van der Waals surface area contributed by atoms with Crippen LogP contribution in [0.2, 0.25) is 0 Å².